The van der Waals surface area contributed by atoms with Gasteiger partial charge in [0, 0.05) is 36.3 Å². The average Bonchev–Trinajstić information content (AvgIpc) is 3.33. The zero-order valence-electron chi connectivity index (χ0n) is 17.4. The molecule has 1 unspecified atom stereocenters. The summed E-state index contributed by atoms with van der Waals surface area (Å²) in [5.74, 6) is -0.248. The minimum Gasteiger partial charge on any atom is -0.349 e. The fourth-order valence-electron chi connectivity index (χ4n) is 4.07. The molecule has 1 atom stereocenters. The second kappa shape index (κ2) is 8.16. The van der Waals surface area contributed by atoms with Crippen LogP contribution < -0.4 is 5.32 Å². The zero-order valence-corrected chi connectivity index (χ0v) is 19.1. The maximum Gasteiger partial charge on any atom is 0.270 e. The number of carbonyl (C=O) groups is 1. The molecule has 2 aromatic heterocycles. The third-order valence-corrected chi connectivity index (χ3v) is 8.56. The van der Waals surface area contributed by atoms with Crippen molar-refractivity contribution in [3.63, 3.8) is 0 Å². The normalized spacial score (nSPS) is 16.7. The van der Waals surface area contributed by atoms with Gasteiger partial charge in [0.25, 0.3) is 5.91 Å². The van der Waals surface area contributed by atoms with E-state index in [0.717, 1.165) is 10.5 Å². The molecule has 0 bridgehead atoms. The number of aryl methyl sites for hydroxylation is 1. The van der Waals surface area contributed by atoms with Crippen LogP contribution in [0.4, 0.5) is 0 Å². The Morgan fingerprint density at radius 3 is 2.66 bits per heavy atom. The van der Waals surface area contributed by atoms with Crippen LogP contribution in [0.1, 0.15) is 22.6 Å². The summed E-state index contributed by atoms with van der Waals surface area (Å²) in [6, 6.07) is 16.3. The summed E-state index contributed by atoms with van der Waals surface area (Å²) in [7, 11) is -3.70. The van der Waals surface area contributed by atoms with Crippen molar-refractivity contribution in [2.24, 2.45) is 0 Å². The minimum atomic E-state index is -3.70. The van der Waals surface area contributed by atoms with Crippen LogP contribution in [-0.2, 0) is 10.0 Å². The molecule has 4 aromatic rings. The Bertz CT molecular complexity index is 1390. The van der Waals surface area contributed by atoms with Gasteiger partial charge in [-0.1, -0.05) is 48.5 Å². The Morgan fingerprint density at radius 2 is 1.91 bits per heavy atom. The summed E-state index contributed by atoms with van der Waals surface area (Å²) < 4.78 is 30.2. The molecule has 0 saturated carbocycles. The second-order valence-electron chi connectivity index (χ2n) is 7.73. The van der Waals surface area contributed by atoms with Gasteiger partial charge in [-0.3, -0.25) is 9.20 Å². The number of thiazole rings is 1. The minimum absolute atomic E-state index is 0.248. The van der Waals surface area contributed by atoms with Crippen molar-refractivity contribution in [1.29, 1.82) is 0 Å². The number of rotatable bonds is 6. The van der Waals surface area contributed by atoms with Crippen LogP contribution in [-0.4, -0.2) is 47.1 Å². The average molecular weight is 467 g/mol. The lowest BCUT2D eigenvalue weighted by atomic mass is 10.1. The number of amides is 1. The smallest absolute Gasteiger partial charge is 0.270 e. The predicted molar refractivity (Wildman–Crippen MR) is 124 cm³/mol. The molecule has 9 heteroatoms. The van der Waals surface area contributed by atoms with E-state index in [1.807, 2.05) is 54.0 Å². The maximum absolute atomic E-state index is 13.5. The Kier molecular flexibility index (Phi) is 5.32. The van der Waals surface area contributed by atoms with Crippen LogP contribution in [0.3, 0.4) is 0 Å². The molecule has 1 saturated heterocycles. The fraction of sp³-hybridized carbons (Fsp3) is 0.217. The highest BCUT2D eigenvalue weighted by atomic mass is 32.2. The van der Waals surface area contributed by atoms with E-state index < -0.39 is 10.0 Å². The number of sulfonamides is 1. The maximum atomic E-state index is 13.5. The SMILES string of the molecule is Cc1nc2sccn2c1C(=O)NCC1CCN1S(=O)(=O)c1ccccc1-c1ccccc1. The van der Waals surface area contributed by atoms with E-state index >= 15 is 0 Å². The summed E-state index contributed by atoms with van der Waals surface area (Å²) in [5, 5.41) is 4.79. The quantitative estimate of drug-likeness (QED) is 0.471. The van der Waals surface area contributed by atoms with Crippen molar-refractivity contribution in [3.05, 3.63) is 77.6 Å². The number of nitrogens with zero attached hydrogens (tertiary/aromatic N) is 3. The monoisotopic (exact) mass is 466 g/mol. The summed E-state index contributed by atoms with van der Waals surface area (Å²) in [4.78, 5) is 18.3. The van der Waals surface area contributed by atoms with Crippen molar-refractivity contribution in [3.8, 4) is 11.1 Å². The molecule has 7 nitrogen and oxygen atoms in total. The Hall–Kier alpha value is -3.01. The van der Waals surface area contributed by atoms with Gasteiger partial charge in [0.15, 0.2) is 4.96 Å². The van der Waals surface area contributed by atoms with Gasteiger partial charge in [-0.25, -0.2) is 13.4 Å². The summed E-state index contributed by atoms with van der Waals surface area (Å²) in [6.45, 7) is 2.49. The van der Waals surface area contributed by atoms with E-state index in [-0.39, 0.29) is 23.4 Å². The first-order valence-electron chi connectivity index (χ1n) is 10.3. The van der Waals surface area contributed by atoms with Crippen molar-refractivity contribution in [2.45, 2.75) is 24.3 Å². The predicted octanol–water partition coefficient (Wildman–Crippen LogP) is 3.56. The van der Waals surface area contributed by atoms with Gasteiger partial charge >= 0.3 is 0 Å². The molecule has 1 amide bonds. The van der Waals surface area contributed by atoms with Crippen LogP contribution >= 0.6 is 11.3 Å². The Labute approximate surface area is 190 Å². The molecule has 1 N–H and O–H groups in total. The molecular weight excluding hydrogens is 444 g/mol. The van der Waals surface area contributed by atoms with Gasteiger partial charge in [0.2, 0.25) is 10.0 Å². The number of nitrogens with one attached hydrogen (secondary N) is 1. The summed E-state index contributed by atoms with van der Waals surface area (Å²) in [5.41, 5.74) is 2.68. The first kappa shape index (κ1) is 20.9. The highest BCUT2D eigenvalue weighted by molar-refractivity contribution is 7.89. The first-order chi connectivity index (χ1) is 15.5. The van der Waals surface area contributed by atoms with Crippen LogP contribution in [0, 0.1) is 6.92 Å². The van der Waals surface area contributed by atoms with Crippen LogP contribution in [0.15, 0.2) is 71.1 Å². The lowest BCUT2D eigenvalue weighted by Crippen LogP contribution is -2.55. The second-order valence-corrected chi connectivity index (χ2v) is 10.5. The number of carbonyl (C=O) groups excluding carboxylic acids is 1. The van der Waals surface area contributed by atoms with E-state index in [1.54, 1.807) is 23.5 Å². The number of imidazole rings is 1. The molecule has 1 fully saturated rings. The third kappa shape index (κ3) is 3.52. The van der Waals surface area contributed by atoms with E-state index in [4.69, 9.17) is 0 Å². The molecule has 5 rings (SSSR count). The lowest BCUT2D eigenvalue weighted by molar-refractivity contribution is 0.0921. The topological polar surface area (TPSA) is 83.8 Å². The Morgan fingerprint density at radius 1 is 1.16 bits per heavy atom. The summed E-state index contributed by atoms with van der Waals surface area (Å²) in [6.07, 6.45) is 2.52. The molecule has 3 heterocycles. The Balaban J connectivity index is 1.35. The highest BCUT2D eigenvalue weighted by Gasteiger charge is 2.39. The number of fused-ring (bicyclic) bond motifs is 1. The van der Waals surface area contributed by atoms with Gasteiger partial charge in [-0.05, 0) is 25.0 Å². The van der Waals surface area contributed by atoms with Crippen molar-refractivity contribution < 1.29 is 13.2 Å². The van der Waals surface area contributed by atoms with Crippen LogP contribution in [0.5, 0.6) is 0 Å². The molecular formula is C23H22N4O3S2. The van der Waals surface area contributed by atoms with E-state index in [1.165, 1.54) is 15.6 Å². The van der Waals surface area contributed by atoms with Crippen molar-refractivity contribution in [2.75, 3.05) is 13.1 Å². The highest BCUT2D eigenvalue weighted by Crippen LogP contribution is 2.33. The molecule has 1 aliphatic rings. The van der Waals surface area contributed by atoms with Crippen molar-refractivity contribution >= 4 is 32.2 Å². The molecule has 2 aromatic carbocycles. The first-order valence-corrected chi connectivity index (χ1v) is 12.7. The van der Waals surface area contributed by atoms with Crippen LogP contribution in [0.2, 0.25) is 0 Å². The third-order valence-electron chi connectivity index (χ3n) is 5.80. The standard InChI is InChI=1S/C23H22N4O3S2/c1-16-21(26-13-14-31-23(26)25-16)22(28)24-15-18-11-12-27(18)32(29,30)20-10-6-5-9-19(20)17-7-3-2-4-8-17/h2-10,13-14,18H,11-12,15H2,1H3,(H,24,28). The largest absolute Gasteiger partial charge is 0.349 e. The van der Waals surface area contributed by atoms with Crippen molar-refractivity contribution in [1.82, 2.24) is 19.0 Å². The molecule has 0 aliphatic carbocycles. The number of aromatic nitrogens is 2. The van der Waals surface area contributed by atoms with Gasteiger partial charge in [0.1, 0.15) is 5.69 Å². The molecule has 0 spiro atoms. The number of benzene rings is 2. The van der Waals surface area contributed by atoms with E-state index in [9.17, 15) is 13.2 Å². The number of hydrogen-bond donors (Lipinski definition) is 1. The number of hydrogen-bond acceptors (Lipinski definition) is 5. The van der Waals surface area contributed by atoms with Gasteiger partial charge in [-0.2, -0.15) is 4.31 Å². The van der Waals surface area contributed by atoms with Gasteiger partial charge in [0.05, 0.1) is 10.6 Å². The fourth-order valence-corrected chi connectivity index (χ4v) is 6.72. The van der Waals surface area contributed by atoms with Crippen LogP contribution in [0.25, 0.3) is 16.1 Å². The lowest BCUT2D eigenvalue weighted by Gasteiger charge is -2.40. The van der Waals surface area contributed by atoms with Gasteiger partial charge in [-0.15, -0.1) is 11.3 Å². The molecule has 0 radical (unpaired) electrons. The van der Waals surface area contributed by atoms with E-state index in [2.05, 4.69) is 10.3 Å². The molecule has 32 heavy (non-hydrogen) atoms. The molecule has 164 valence electrons. The van der Waals surface area contributed by atoms with Gasteiger partial charge < -0.3 is 5.32 Å². The molecule has 1 aliphatic heterocycles. The summed E-state index contributed by atoms with van der Waals surface area (Å²) >= 11 is 1.46. The zero-order chi connectivity index (χ0) is 22.3. The van der Waals surface area contributed by atoms with E-state index in [0.29, 0.717) is 29.9 Å².